The molecule has 2 rings (SSSR count). The Hall–Kier alpha value is -1.82. The fourth-order valence-corrected chi connectivity index (χ4v) is 1.89. The lowest BCUT2D eigenvalue weighted by atomic mass is 9.92. The van der Waals surface area contributed by atoms with E-state index < -0.39 is 0 Å². The van der Waals surface area contributed by atoms with E-state index in [0.29, 0.717) is 5.88 Å². The molecule has 0 saturated carbocycles. The Bertz CT molecular complexity index is 428. The van der Waals surface area contributed by atoms with Crippen LogP contribution in [0.5, 0.6) is 5.88 Å². The van der Waals surface area contributed by atoms with E-state index in [0.717, 1.165) is 24.8 Å². The van der Waals surface area contributed by atoms with Crippen molar-refractivity contribution >= 4 is 5.57 Å². The quantitative estimate of drug-likeness (QED) is 0.707. The third-order valence-electron chi connectivity index (χ3n) is 2.88. The van der Waals surface area contributed by atoms with Gasteiger partial charge in [0.05, 0.1) is 7.11 Å². The zero-order valence-electron chi connectivity index (χ0n) is 9.31. The molecule has 0 aromatic carbocycles. The molecule has 3 heteroatoms. The van der Waals surface area contributed by atoms with E-state index in [1.54, 1.807) is 7.11 Å². The molecule has 0 spiro atoms. The summed E-state index contributed by atoms with van der Waals surface area (Å²) in [6.45, 7) is 6.99. The van der Waals surface area contributed by atoms with Crippen LogP contribution in [0.2, 0.25) is 0 Å². The van der Waals surface area contributed by atoms with Crippen LogP contribution in [0.15, 0.2) is 24.4 Å². The van der Waals surface area contributed by atoms with E-state index in [9.17, 15) is 0 Å². The highest BCUT2D eigenvalue weighted by atomic mass is 16.5. The Morgan fingerprint density at radius 2 is 2.38 bits per heavy atom. The van der Waals surface area contributed by atoms with Crippen molar-refractivity contribution < 1.29 is 4.74 Å². The maximum atomic E-state index is 6.99. The Morgan fingerprint density at radius 3 is 2.88 bits per heavy atom. The minimum absolute atomic E-state index is 0.176. The van der Waals surface area contributed by atoms with E-state index in [2.05, 4.69) is 15.9 Å². The van der Waals surface area contributed by atoms with Crippen molar-refractivity contribution in [3.05, 3.63) is 41.4 Å². The lowest BCUT2D eigenvalue weighted by Gasteiger charge is -2.14. The lowest BCUT2D eigenvalue weighted by molar-refractivity contribution is 0.398. The van der Waals surface area contributed by atoms with Crippen molar-refractivity contribution in [2.24, 2.45) is 0 Å². The number of pyridine rings is 1. The number of allylic oxidation sites excluding steroid dienone is 1. The molecule has 16 heavy (non-hydrogen) atoms. The van der Waals surface area contributed by atoms with E-state index in [4.69, 9.17) is 11.3 Å². The molecule has 82 valence electrons. The van der Waals surface area contributed by atoms with Crippen molar-refractivity contribution in [1.82, 2.24) is 4.98 Å². The molecule has 0 fully saturated rings. The topological polar surface area (TPSA) is 26.5 Å². The molecule has 1 aromatic rings. The standard InChI is InChI=1S/C13H14N2O/c1-14-12-6-3-10(4-7-12)11-5-8-13(16-2)15-9-11/h3,5,8-9,12H,4,6-7H2,2H3. The van der Waals surface area contributed by atoms with Crippen LogP contribution < -0.4 is 4.74 Å². The van der Waals surface area contributed by atoms with Crippen molar-refractivity contribution in [2.75, 3.05) is 7.11 Å². The van der Waals surface area contributed by atoms with E-state index >= 15 is 0 Å². The van der Waals surface area contributed by atoms with Crippen LogP contribution in [0.25, 0.3) is 10.4 Å². The zero-order chi connectivity index (χ0) is 11.4. The van der Waals surface area contributed by atoms with Gasteiger partial charge in [-0.25, -0.2) is 11.6 Å². The average Bonchev–Trinajstić information content (AvgIpc) is 2.39. The van der Waals surface area contributed by atoms with Crippen LogP contribution in [0.4, 0.5) is 0 Å². The van der Waals surface area contributed by atoms with Crippen LogP contribution in [0.3, 0.4) is 0 Å². The van der Waals surface area contributed by atoms with Gasteiger partial charge < -0.3 is 9.58 Å². The molecule has 0 bridgehead atoms. The summed E-state index contributed by atoms with van der Waals surface area (Å²) in [6.07, 6.45) is 6.80. The van der Waals surface area contributed by atoms with Gasteiger partial charge in [-0.3, -0.25) is 0 Å². The second kappa shape index (κ2) is 4.80. The number of hydrogen-bond acceptors (Lipinski definition) is 2. The largest absolute Gasteiger partial charge is 0.481 e. The first kappa shape index (κ1) is 10.7. The molecule has 0 aliphatic heterocycles. The van der Waals surface area contributed by atoms with Gasteiger partial charge in [-0.05, 0) is 23.6 Å². The smallest absolute Gasteiger partial charge is 0.227 e. The number of ether oxygens (including phenoxy) is 1. The first-order valence-electron chi connectivity index (χ1n) is 5.39. The van der Waals surface area contributed by atoms with E-state index in [1.165, 1.54) is 5.57 Å². The fourth-order valence-electron chi connectivity index (χ4n) is 1.89. The van der Waals surface area contributed by atoms with Gasteiger partial charge in [0.1, 0.15) is 0 Å². The highest BCUT2D eigenvalue weighted by Gasteiger charge is 2.18. The third-order valence-corrected chi connectivity index (χ3v) is 2.88. The van der Waals surface area contributed by atoms with Gasteiger partial charge in [0.2, 0.25) is 11.9 Å². The average molecular weight is 214 g/mol. The number of methoxy groups -OCH3 is 1. The predicted molar refractivity (Wildman–Crippen MR) is 63.0 cm³/mol. The maximum absolute atomic E-state index is 6.99. The molecule has 0 amide bonds. The maximum Gasteiger partial charge on any atom is 0.227 e. The summed E-state index contributed by atoms with van der Waals surface area (Å²) in [5, 5.41) is 0. The molecular formula is C13H14N2O. The minimum Gasteiger partial charge on any atom is -0.481 e. The van der Waals surface area contributed by atoms with Gasteiger partial charge >= 0.3 is 0 Å². The molecule has 1 aromatic heterocycles. The Balaban J connectivity index is 2.13. The van der Waals surface area contributed by atoms with Crippen LogP contribution in [-0.4, -0.2) is 18.1 Å². The summed E-state index contributed by atoms with van der Waals surface area (Å²) in [6, 6.07) is 4.07. The monoisotopic (exact) mass is 214 g/mol. The lowest BCUT2D eigenvalue weighted by Crippen LogP contribution is -2.06. The highest BCUT2D eigenvalue weighted by molar-refractivity contribution is 5.66. The second-order valence-electron chi connectivity index (χ2n) is 3.88. The van der Waals surface area contributed by atoms with Crippen molar-refractivity contribution in [3.63, 3.8) is 0 Å². The molecule has 1 aliphatic carbocycles. The second-order valence-corrected chi connectivity index (χ2v) is 3.88. The van der Waals surface area contributed by atoms with Gasteiger partial charge in [0.25, 0.3) is 0 Å². The van der Waals surface area contributed by atoms with Crippen LogP contribution in [0, 0.1) is 6.57 Å². The van der Waals surface area contributed by atoms with Gasteiger partial charge in [-0.1, -0.05) is 6.08 Å². The summed E-state index contributed by atoms with van der Waals surface area (Å²) >= 11 is 0. The molecule has 1 unspecified atom stereocenters. The molecule has 0 N–H and O–H groups in total. The molecular weight excluding hydrogens is 200 g/mol. The van der Waals surface area contributed by atoms with Gasteiger partial charge in [0.15, 0.2) is 0 Å². The predicted octanol–water partition coefficient (Wildman–Crippen LogP) is 2.95. The van der Waals surface area contributed by atoms with Crippen LogP contribution in [0.1, 0.15) is 24.8 Å². The molecule has 1 aliphatic rings. The minimum atomic E-state index is 0.176. The summed E-state index contributed by atoms with van der Waals surface area (Å²) in [5.41, 5.74) is 2.44. The summed E-state index contributed by atoms with van der Waals surface area (Å²) in [7, 11) is 1.61. The molecule has 1 atom stereocenters. The number of hydrogen-bond donors (Lipinski definition) is 0. The SMILES string of the molecule is [C-]#[N+]C1CC=C(c2ccc(OC)nc2)CC1. The van der Waals surface area contributed by atoms with E-state index in [1.807, 2.05) is 18.3 Å². The Morgan fingerprint density at radius 1 is 1.50 bits per heavy atom. The number of aromatic nitrogens is 1. The molecule has 3 nitrogen and oxygen atoms in total. The summed E-state index contributed by atoms with van der Waals surface area (Å²) in [4.78, 5) is 7.76. The first-order valence-corrected chi connectivity index (χ1v) is 5.39. The zero-order valence-corrected chi connectivity index (χ0v) is 9.31. The van der Waals surface area contributed by atoms with E-state index in [-0.39, 0.29) is 6.04 Å². The molecule has 0 saturated heterocycles. The number of rotatable bonds is 2. The Kier molecular flexibility index (Phi) is 3.21. The molecule has 0 radical (unpaired) electrons. The van der Waals surface area contributed by atoms with Crippen molar-refractivity contribution in [3.8, 4) is 5.88 Å². The summed E-state index contributed by atoms with van der Waals surface area (Å²) < 4.78 is 5.02. The summed E-state index contributed by atoms with van der Waals surface area (Å²) in [5.74, 6) is 0.638. The van der Waals surface area contributed by atoms with Crippen molar-refractivity contribution in [1.29, 1.82) is 0 Å². The fraction of sp³-hybridized carbons (Fsp3) is 0.385. The van der Waals surface area contributed by atoms with Gasteiger partial charge in [0, 0.05) is 25.1 Å². The van der Waals surface area contributed by atoms with Crippen LogP contribution in [-0.2, 0) is 0 Å². The Labute approximate surface area is 95.6 Å². The number of nitrogens with zero attached hydrogens (tertiary/aromatic N) is 2. The third kappa shape index (κ3) is 2.22. The highest BCUT2D eigenvalue weighted by Crippen LogP contribution is 2.28. The first-order chi connectivity index (χ1) is 7.83. The normalized spacial score (nSPS) is 19.8. The van der Waals surface area contributed by atoms with Gasteiger partial charge in [-0.15, -0.1) is 0 Å². The van der Waals surface area contributed by atoms with Crippen molar-refractivity contribution in [2.45, 2.75) is 25.3 Å². The molecule has 1 heterocycles. The van der Waals surface area contributed by atoms with Gasteiger partial charge in [-0.2, -0.15) is 0 Å². The van der Waals surface area contributed by atoms with Crippen LogP contribution >= 0.6 is 0 Å².